The third kappa shape index (κ3) is 4.56. The molecule has 0 spiro atoms. The zero-order chi connectivity index (χ0) is 18.4. The summed E-state index contributed by atoms with van der Waals surface area (Å²) >= 11 is 7.46. The molecule has 0 aliphatic carbocycles. The molecule has 0 N–H and O–H groups in total. The van der Waals surface area contributed by atoms with Crippen LogP contribution in [0.25, 0.3) is 0 Å². The van der Waals surface area contributed by atoms with Gasteiger partial charge in [0.2, 0.25) is 5.16 Å². The van der Waals surface area contributed by atoms with E-state index in [-0.39, 0.29) is 0 Å². The maximum atomic E-state index is 5.91. The highest BCUT2D eigenvalue weighted by Gasteiger charge is 2.06. The smallest absolute Gasteiger partial charge is 0.212 e. The van der Waals surface area contributed by atoms with Crippen molar-refractivity contribution < 1.29 is 9.47 Å². The van der Waals surface area contributed by atoms with Crippen molar-refractivity contribution in [1.29, 1.82) is 0 Å². The lowest BCUT2D eigenvalue weighted by Crippen LogP contribution is -1.95. The van der Waals surface area contributed by atoms with Gasteiger partial charge < -0.3 is 9.47 Å². The Morgan fingerprint density at radius 3 is 2.62 bits per heavy atom. The van der Waals surface area contributed by atoms with Crippen LogP contribution in [0.2, 0.25) is 5.02 Å². The molecule has 8 heteroatoms. The molecular formula is C18H17ClN4O2S. The summed E-state index contributed by atoms with van der Waals surface area (Å²) < 4.78 is 12.2. The summed E-state index contributed by atoms with van der Waals surface area (Å²) in [5, 5.41) is 13.9. The highest BCUT2D eigenvalue weighted by Crippen LogP contribution is 2.27. The molecule has 134 valence electrons. The standard InChI is InChI=1S/C18H17ClN4O2S/c1-24-16-8-5-14(9-17(16)25-2)10-21-23-12-20-22-18(23)26-11-13-3-6-15(19)7-4-13/h3-10,12H,11H2,1-2H3/b21-10-. The van der Waals surface area contributed by atoms with Crippen molar-refractivity contribution in [3.05, 3.63) is 64.9 Å². The lowest BCUT2D eigenvalue weighted by molar-refractivity contribution is 0.355. The van der Waals surface area contributed by atoms with Gasteiger partial charge in [-0.3, -0.25) is 0 Å². The molecule has 6 nitrogen and oxygen atoms in total. The molecule has 0 bridgehead atoms. The quantitative estimate of drug-likeness (QED) is 0.450. The third-order valence-corrected chi connectivity index (χ3v) is 4.78. The highest BCUT2D eigenvalue weighted by molar-refractivity contribution is 7.98. The first-order valence-electron chi connectivity index (χ1n) is 7.73. The summed E-state index contributed by atoms with van der Waals surface area (Å²) in [6.45, 7) is 0. The lowest BCUT2D eigenvalue weighted by atomic mass is 10.2. The normalized spacial score (nSPS) is 11.0. The van der Waals surface area contributed by atoms with Crippen molar-refractivity contribution in [2.45, 2.75) is 10.9 Å². The molecule has 26 heavy (non-hydrogen) atoms. The van der Waals surface area contributed by atoms with Crippen LogP contribution in [0.1, 0.15) is 11.1 Å². The second-order valence-electron chi connectivity index (χ2n) is 5.23. The number of benzene rings is 2. The Bertz CT molecular complexity index is 896. The lowest BCUT2D eigenvalue weighted by Gasteiger charge is -2.07. The van der Waals surface area contributed by atoms with Crippen LogP contribution in [0, 0.1) is 0 Å². The van der Waals surface area contributed by atoms with Gasteiger partial charge in [-0.15, -0.1) is 10.2 Å². The average molecular weight is 389 g/mol. The molecule has 0 aliphatic heterocycles. The Labute approximate surface area is 160 Å². The summed E-state index contributed by atoms with van der Waals surface area (Å²) in [6, 6.07) is 13.3. The topological polar surface area (TPSA) is 61.5 Å². The molecule has 0 aliphatic rings. The molecule has 3 aromatic rings. The molecule has 1 aromatic heterocycles. The van der Waals surface area contributed by atoms with Crippen LogP contribution in [0.5, 0.6) is 11.5 Å². The number of aromatic nitrogens is 3. The van der Waals surface area contributed by atoms with E-state index in [1.807, 2.05) is 42.5 Å². The van der Waals surface area contributed by atoms with E-state index in [9.17, 15) is 0 Å². The summed E-state index contributed by atoms with van der Waals surface area (Å²) in [7, 11) is 3.21. The highest BCUT2D eigenvalue weighted by atomic mass is 35.5. The number of methoxy groups -OCH3 is 2. The minimum Gasteiger partial charge on any atom is -0.493 e. The Morgan fingerprint density at radius 1 is 1.12 bits per heavy atom. The fourth-order valence-electron chi connectivity index (χ4n) is 2.18. The summed E-state index contributed by atoms with van der Waals surface area (Å²) in [5.74, 6) is 2.08. The van der Waals surface area contributed by atoms with Gasteiger partial charge in [-0.1, -0.05) is 35.5 Å². The molecule has 0 radical (unpaired) electrons. The van der Waals surface area contributed by atoms with Gasteiger partial charge in [0.25, 0.3) is 0 Å². The molecule has 0 amide bonds. The van der Waals surface area contributed by atoms with E-state index in [4.69, 9.17) is 21.1 Å². The van der Waals surface area contributed by atoms with Crippen molar-refractivity contribution in [1.82, 2.24) is 14.9 Å². The Balaban J connectivity index is 1.70. The fraction of sp³-hybridized carbons (Fsp3) is 0.167. The van der Waals surface area contributed by atoms with Crippen LogP contribution in [-0.4, -0.2) is 35.3 Å². The van der Waals surface area contributed by atoms with Crippen molar-refractivity contribution in [2.24, 2.45) is 5.10 Å². The summed E-state index contributed by atoms with van der Waals surface area (Å²) in [5.41, 5.74) is 2.03. The van der Waals surface area contributed by atoms with Crippen LogP contribution in [-0.2, 0) is 5.75 Å². The van der Waals surface area contributed by atoms with E-state index in [1.54, 1.807) is 43.2 Å². The van der Waals surface area contributed by atoms with Crippen LogP contribution >= 0.6 is 23.4 Å². The number of halogens is 1. The molecule has 0 atom stereocenters. The first-order valence-corrected chi connectivity index (χ1v) is 9.09. The number of thioether (sulfide) groups is 1. The minimum atomic E-state index is 0.651. The van der Waals surface area contributed by atoms with Gasteiger partial charge in [-0.25, -0.2) is 0 Å². The third-order valence-electron chi connectivity index (χ3n) is 3.52. The molecular weight excluding hydrogens is 372 g/mol. The van der Waals surface area contributed by atoms with Crippen LogP contribution in [0.3, 0.4) is 0 Å². The van der Waals surface area contributed by atoms with Gasteiger partial charge in [-0.05, 0) is 41.5 Å². The maximum Gasteiger partial charge on any atom is 0.212 e. The first-order chi connectivity index (χ1) is 12.7. The molecule has 0 unspecified atom stereocenters. The number of hydrogen-bond donors (Lipinski definition) is 0. The van der Waals surface area contributed by atoms with E-state index in [0.717, 1.165) is 21.9 Å². The monoisotopic (exact) mass is 388 g/mol. The largest absolute Gasteiger partial charge is 0.493 e. The second kappa shape index (κ2) is 8.73. The van der Waals surface area contributed by atoms with Crippen LogP contribution in [0.15, 0.2) is 59.0 Å². The first kappa shape index (κ1) is 18.3. The summed E-state index contributed by atoms with van der Waals surface area (Å²) in [6.07, 6.45) is 3.29. The van der Waals surface area contributed by atoms with Gasteiger partial charge in [0.05, 0.1) is 20.4 Å². The fourth-order valence-corrected chi connectivity index (χ4v) is 3.13. The van der Waals surface area contributed by atoms with Gasteiger partial charge in [-0.2, -0.15) is 9.78 Å². The maximum absolute atomic E-state index is 5.91. The van der Waals surface area contributed by atoms with E-state index >= 15 is 0 Å². The zero-order valence-electron chi connectivity index (χ0n) is 14.3. The zero-order valence-corrected chi connectivity index (χ0v) is 15.9. The van der Waals surface area contributed by atoms with E-state index < -0.39 is 0 Å². The SMILES string of the molecule is COc1ccc(/C=N\n2cnnc2SCc2ccc(Cl)cc2)cc1OC. The predicted octanol–water partition coefficient (Wildman–Crippen LogP) is 4.12. The molecule has 3 rings (SSSR count). The number of ether oxygens (including phenoxy) is 2. The molecule has 2 aromatic carbocycles. The predicted molar refractivity (Wildman–Crippen MR) is 104 cm³/mol. The number of hydrogen-bond acceptors (Lipinski definition) is 6. The average Bonchev–Trinajstić information content (AvgIpc) is 3.13. The van der Waals surface area contributed by atoms with Gasteiger partial charge in [0.1, 0.15) is 6.33 Å². The van der Waals surface area contributed by atoms with Crippen molar-refractivity contribution >= 4 is 29.6 Å². The Kier molecular flexibility index (Phi) is 6.14. The molecule has 0 saturated carbocycles. The minimum absolute atomic E-state index is 0.651. The van der Waals surface area contributed by atoms with Crippen molar-refractivity contribution in [3.8, 4) is 11.5 Å². The number of nitrogens with zero attached hydrogens (tertiary/aromatic N) is 4. The van der Waals surface area contributed by atoms with E-state index in [1.165, 1.54) is 0 Å². The van der Waals surface area contributed by atoms with Gasteiger partial charge in [0.15, 0.2) is 11.5 Å². The Hall–Kier alpha value is -2.51. The van der Waals surface area contributed by atoms with E-state index in [0.29, 0.717) is 16.7 Å². The molecule has 0 saturated heterocycles. The van der Waals surface area contributed by atoms with Crippen molar-refractivity contribution in [3.63, 3.8) is 0 Å². The molecule has 1 heterocycles. The molecule has 0 fully saturated rings. The van der Waals surface area contributed by atoms with Crippen LogP contribution in [0.4, 0.5) is 0 Å². The van der Waals surface area contributed by atoms with Gasteiger partial charge in [0, 0.05) is 10.8 Å². The summed E-state index contributed by atoms with van der Waals surface area (Å²) in [4.78, 5) is 0. The van der Waals surface area contributed by atoms with Crippen molar-refractivity contribution in [2.75, 3.05) is 14.2 Å². The Morgan fingerprint density at radius 2 is 1.88 bits per heavy atom. The van der Waals surface area contributed by atoms with Crippen LogP contribution < -0.4 is 9.47 Å². The van der Waals surface area contributed by atoms with E-state index in [2.05, 4.69) is 15.3 Å². The van der Waals surface area contributed by atoms with Gasteiger partial charge >= 0.3 is 0 Å². The number of rotatable bonds is 7. The second-order valence-corrected chi connectivity index (χ2v) is 6.61.